The van der Waals surface area contributed by atoms with Gasteiger partial charge in [-0.15, -0.1) is 5.10 Å². The van der Waals surface area contributed by atoms with Crippen LogP contribution >= 0.6 is 11.6 Å². The maximum Gasteiger partial charge on any atom is 0.416 e. The van der Waals surface area contributed by atoms with Gasteiger partial charge in [0.05, 0.1) is 27.2 Å². The van der Waals surface area contributed by atoms with Crippen molar-refractivity contribution in [3.05, 3.63) is 81.9 Å². The molecule has 0 aliphatic carbocycles. The van der Waals surface area contributed by atoms with Crippen LogP contribution in [0.15, 0.2) is 59.5 Å². The first-order valence-electron chi connectivity index (χ1n) is 11.7. The summed E-state index contributed by atoms with van der Waals surface area (Å²) in [6.45, 7) is 0.201. The Morgan fingerprint density at radius 3 is 2.51 bits per heavy atom. The smallest absolute Gasteiger partial charge is 0.416 e. The van der Waals surface area contributed by atoms with Crippen LogP contribution in [0.2, 0.25) is 5.02 Å². The zero-order chi connectivity index (χ0) is 27.6. The lowest BCUT2D eigenvalue weighted by molar-refractivity contribution is -0.207. The van der Waals surface area contributed by atoms with Crippen molar-refractivity contribution in [3.63, 3.8) is 0 Å². The predicted molar refractivity (Wildman–Crippen MR) is 129 cm³/mol. The fourth-order valence-electron chi connectivity index (χ4n) is 3.74. The van der Waals surface area contributed by atoms with Gasteiger partial charge in [-0.05, 0) is 36.8 Å². The van der Waals surface area contributed by atoms with E-state index in [1.54, 1.807) is 36.4 Å². The average molecular weight is 539 g/mol. The van der Waals surface area contributed by atoms with E-state index in [0.29, 0.717) is 22.0 Å². The van der Waals surface area contributed by atoms with Gasteiger partial charge in [-0.2, -0.15) is 13.2 Å². The van der Waals surface area contributed by atoms with Gasteiger partial charge in [0.1, 0.15) is 17.5 Å². The highest BCUT2D eigenvalue weighted by Crippen LogP contribution is 2.27. The van der Waals surface area contributed by atoms with Gasteiger partial charge in [0.25, 0.3) is 0 Å². The fourth-order valence-corrected chi connectivity index (χ4v) is 3.86. The number of benzene rings is 2. The molecule has 9 nitrogen and oxygen atoms in total. The first-order valence-corrected chi connectivity index (χ1v) is 11.3. The van der Waals surface area contributed by atoms with Crippen molar-refractivity contribution in [2.75, 3.05) is 7.09 Å². The highest BCUT2D eigenvalue weighted by atomic mass is 35.5. The maximum absolute atomic E-state index is 13.2. The van der Waals surface area contributed by atoms with Crippen LogP contribution in [0.4, 0.5) is 13.2 Å². The van der Waals surface area contributed by atoms with Crippen LogP contribution in [0, 0.1) is 0 Å². The van der Waals surface area contributed by atoms with E-state index >= 15 is 0 Å². The van der Waals surface area contributed by atoms with Crippen molar-refractivity contribution >= 4 is 11.6 Å². The standard InChI is InChI=1S/C24H23ClF3N5O4/c1-14(34)22-29-21(30-33(22)17-5-3-4-6-19(17)37-2)13-31-11-18(15-7-9-16(25)10-8-15)32(23(31)36)12-20(35)24(26,27)28/h3-11,14,20,34-35H,12-13H2,1-2H3/t14-,20-/m0/s1/i2D. The maximum atomic E-state index is 13.2. The zero-order valence-corrected chi connectivity index (χ0v) is 20.2. The third-order valence-corrected chi connectivity index (χ3v) is 5.78. The average Bonchev–Trinajstić information content (AvgIpc) is 3.42. The Labute approximate surface area is 215 Å². The summed E-state index contributed by atoms with van der Waals surface area (Å²) in [6, 6.07) is 12.8. The van der Waals surface area contributed by atoms with E-state index in [1.165, 1.54) is 29.9 Å². The minimum absolute atomic E-state index is 0.0832. The molecule has 13 heteroatoms. The molecular formula is C24H23ClF3N5O4. The molecule has 0 amide bonds. The lowest BCUT2D eigenvalue weighted by atomic mass is 10.1. The number of nitrogens with zero attached hydrogens (tertiary/aromatic N) is 5. The summed E-state index contributed by atoms with van der Waals surface area (Å²) >= 11 is 5.93. The Kier molecular flexibility index (Phi) is 7.04. The molecule has 0 spiro atoms. The molecule has 0 fully saturated rings. The van der Waals surface area contributed by atoms with Crippen molar-refractivity contribution in [1.82, 2.24) is 23.9 Å². The van der Waals surface area contributed by atoms with Gasteiger partial charge < -0.3 is 14.9 Å². The van der Waals surface area contributed by atoms with E-state index in [2.05, 4.69) is 10.1 Å². The van der Waals surface area contributed by atoms with Crippen molar-refractivity contribution in [1.29, 1.82) is 0 Å². The molecule has 37 heavy (non-hydrogen) atoms. The Morgan fingerprint density at radius 1 is 1.16 bits per heavy atom. The van der Waals surface area contributed by atoms with Crippen LogP contribution in [0.3, 0.4) is 0 Å². The third kappa shape index (κ3) is 5.55. The molecule has 2 aromatic heterocycles. The molecule has 196 valence electrons. The Bertz CT molecular complexity index is 1470. The van der Waals surface area contributed by atoms with Crippen LogP contribution in [-0.4, -0.2) is 53.5 Å². The largest absolute Gasteiger partial charge is 0.494 e. The van der Waals surface area contributed by atoms with Crippen molar-refractivity contribution in [3.8, 4) is 22.7 Å². The Hall–Kier alpha value is -3.61. The monoisotopic (exact) mass is 538 g/mol. The SMILES string of the molecule is [2H]COc1ccccc1-n1nc(Cn2cc(-c3ccc(Cl)cc3)n(C[C@H](O)C(F)(F)F)c2=O)nc1[C@H](C)O. The van der Waals surface area contributed by atoms with Gasteiger partial charge in [0, 0.05) is 11.2 Å². The minimum atomic E-state index is -4.93. The second-order valence-electron chi connectivity index (χ2n) is 8.19. The lowest BCUT2D eigenvalue weighted by Crippen LogP contribution is -2.37. The fraction of sp³-hybridized carbons (Fsp3) is 0.292. The van der Waals surface area contributed by atoms with Gasteiger partial charge in [-0.25, -0.2) is 14.5 Å². The number of aliphatic hydroxyl groups is 2. The number of ether oxygens (including phenoxy) is 1. The number of hydrogen-bond donors (Lipinski definition) is 2. The summed E-state index contributed by atoms with van der Waals surface area (Å²) in [4.78, 5) is 17.5. The molecule has 0 aliphatic rings. The third-order valence-electron chi connectivity index (χ3n) is 5.53. The number of para-hydroxylation sites is 2. The molecule has 0 bridgehead atoms. The summed E-state index contributed by atoms with van der Waals surface area (Å²) < 4.78 is 55.3. The number of aliphatic hydroxyl groups excluding tert-OH is 2. The Balaban J connectivity index is 1.77. The number of aromatic nitrogens is 5. The quantitative estimate of drug-likeness (QED) is 0.355. The van der Waals surface area contributed by atoms with Crippen molar-refractivity contribution in [2.45, 2.75) is 38.4 Å². The lowest BCUT2D eigenvalue weighted by Gasteiger charge is -2.16. The van der Waals surface area contributed by atoms with E-state index in [1.807, 2.05) is 0 Å². The van der Waals surface area contributed by atoms with Gasteiger partial charge in [-0.3, -0.25) is 9.13 Å². The number of alkyl halides is 3. The molecule has 2 atom stereocenters. The number of halogens is 4. The van der Waals surface area contributed by atoms with Crippen LogP contribution in [0.25, 0.3) is 16.9 Å². The van der Waals surface area contributed by atoms with Crippen LogP contribution in [-0.2, 0) is 13.1 Å². The Morgan fingerprint density at radius 2 is 1.86 bits per heavy atom. The van der Waals surface area contributed by atoms with E-state index < -0.39 is 30.6 Å². The summed E-state index contributed by atoms with van der Waals surface area (Å²) in [6.07, 6.45) is -7.43. The second-order valence-corrected chi connectivity index (χ2v) is 8.62. The molecule has 0 aliphatic heterocycles. The number of rotatable bonds is 8. The molecule has 2 heterocycles. The van der Waals surface area contributed by atoms with E-state index in [9.17, 15) is 28.2 Å². The van der Waals surface area contributed by atoms with E-state index in [4.69, 9.17) is 17.7 Å². The van der Waals surface area contributed by atoms with Crippen molar-refractivity contribution in [2.24, 2.45) is 0 Å². The molecule has 2 aromatic carbocycles. The topological polar surface area (TPSA) is 107 Å². The number of methoxy groups -OCH3 is 1. The van der Waals surface area contributed by atoms with Crippen LogP contribution < -0.4 is 10.4 Å². The summed E-state index contributed by atoms with van der Waals surface area (Å²) in [5.41, 5.74) is 0.101. The first-order chi connectivity index (χ1) is 18.0. The van der Waals surface area contributed by atoms with Gasteiger partial charge in [0.15, 0.2) is 17.8 Å². The van der Waals surface area contributed by atoms with Gasteiger partial charge in [0.2, 0.25) is 0 Å². The molecule has 0 unspecified atom stereocenters. The highest BCUT2D eigenvalue weighted by molar-refractivity contribution is 6.30. The normalized spacial score (nSPS) is 13.9. The van der Waals surface area contributed by atoms with Crippen molar-refractivity contribution < 1.29 is 29.5 Å². The van der Waals surface area contributed by atoms with Gasteiger partial charge in [-0.1, -0.05) is 35.9 Å². The van der Waals surface area contributed by atoms with Crippen LogP contribution in [0.5, 0.6) is 5.75 Å². The minimum Gasteiger partial charge on any atom is -0.494 e. The van der Waals surface area contributed by atoms with Crippen LogP contribution in [0.1, 0.15) is 26.0 Å². The molecule has 0 saturated heterocycles. The summed E-state index contributed by atoms with van der Waals surface area (Å²) in [7, 11) is -0.358. The molecule has 0 saturated carbocycles. The molecule has 4 rings (SSSR count). The number of hydrogen-bond acceptors (Lipinski definition) is 6. The molecule has 4 aromatic rings. The molecular weight excluding hydrogens is 515 g/mol. The second kappa shape index (κ2) is 10.4. The molecule has 2 N–H and O–H groups in total. The van der Waals surface area contributed by atoms with Gasteiger partial charge >= 0.3 is 11.9 Å². The first kappa shape index (κ1) is 25.1. The highest BCUT2D eigenvalue weighted by Gasteiger charge is 2.39. The summed E-state index contributed by atoms with van der Waals surface area (Å²) in [5, 5.41) is 24.8. The predicted octanol–water partition coefficient (Wildman–Crippen LogP) is 3.58. The van der Waals surface area contributed by atoms with E-state index in [0.717, 1.165) is 9.13 Å². The zero-order valence-electron chi connectivity index (χ0n) is 20.4. The summed E-state index contributed by atoms with van der Waals surface area (Å²) in [5.74, 6) is 0.522. The number of imidazole rings is 1. The molecule has 0 radical (unpaired) electrons. The van der Waals surface area contributed by atoms with E-state index in [-0.39, 0.29) is 31.0 Å².